The van der Waals surface area contributed by atoms with Crippen LogP contribution in [0.3, 0.4) is 0 Å². The zero-order chi connectivity index (χ0) is 14.6. The molecule has 0 heterocycles. The number of ether oxygens (including phenoxy) is 1. The summed E-state index contributed by atoms with van der Waals surface area (Å²) in [6, 6.07) is 4.08. The number of benzene rings is 1. The fraction of sp³-hybridized carbons (Fsp3) is 0.429. The van der Waals surface area contributed by atoms with E-state index in [1.807, 2.05) is 0 Å². The van der Waals surface area contributed by atoms with Crippen LogP contribution in [0.15, 0.2) is 22.7 Å². The number of carbonyl (C=O) groups excluding carboxylic acids is 2. The molecule has 0 aromatic heterocycles. The molecule has 1 atom stereocenters. The predicted octanol–water partition coefficient (Wildman–Crippen LogP) is 3.61. The van der Waals surface area contributed by atoms with Gasteiger partial charge >= 0.3 is 5.97 Å². The number of hydrogen-bond acceptors (Lipinski definition) is 3. The molecular weight excluding hydrogens is 315 g/mol. The second-order valence-corrected chi connectivity index (χ2v) is 5.38. The first kappa shape index (κ1) is 15.8. The molecule has 0 aliphatic rings. The summed E-state index contributed by atoms with van der Waals surface area (Å²) in [5.41, 5.74) is -0.0962. The van der Waals surface area contributed by atoms with Crippen molar-refractivity contribution in [1.82, 2.24) is 0 Å². The summed E-state index contributed by atoms with van der Waals surface area (Å²) in [4.78, 5) is 24.1. The Kier molecular flexibility index (Phi) is 5.66. The maximum Gasteiger partial charge on any atom is 0.317 e. The van der Waals surface area contributed by atoms with Gasteiger partial charge in [0.15, 0.2) is 5.78 Å². The molecule has 0 N–H and O–H groups in total. The van der Waals surface area contributed by atoms with Crippen LogP contribution in [-0.4, -0.2) is 18.4 Å². The van der Waals surface area contributed by atoms with E-state index in [9.17, 15) is 14.0 Å². The first-order chi connectivity index (χ1) is 8.88. The van der Waals surface area contributed by atoms with E-state index in [1.165, 1.54) is 18.2 Å². The summed E-state index contributed by atoms with van der Waals surface area (Å²) in [6.07, 6.45) is 0. The summed E-state index contributed by atoms with van der Waals surface area (Å²) >= 11 is 3.18. The summed E-state index contributed by atoms with van der Waals surface area (Å²) in [7, 11) is 0. The third kappa shape index (κ3) is 3.86. The quantitative estimate of drug-likeness (QED) is 0.470. The van der Waals surface area contributed by atoms with Gasteiger partial charge in [-0.05, 0) is 31.0 Å². The van der Waals surface area contributed by atoms with Gasteiger partial charge in [0.05, 0.1) is 12.2 Å². The number of Topliss-reactive ketones (excluding diaryl/α,β-unsaturated/α-hetero) is 1. The highest BCUT2D eigenvalue weighted by molar-refractivity contribution is 9.10. The zero-order valence-corrected chi connectivity index (χ0v) is 12.7. The minimum atomic E-state index is -0.983. The van der Waals surface area contributed by atoms with Gasteiger partial charge in [0.25, 0.3) is 0 Å². The molecule has 1 aromatic rings. The van der Waals surface area contributed by atoms with Crippen LogP contribution < -0.4 is 0 Å². The lowest BCUT2D eigenvalue weighted by Crippen LogP contribution is -2.31. The Hall–Kier alpha value is -1.23. The van der Waals surface area contributed by atoms with E-state index in [0.29, 0.717) is 4.47 Å². The average molecular weight is 331 g/mol. The van der Waals surface area contributed by atoms with E-state index >= 15 is 0 Å². The average Bonchev–Trinajstić information content (AvgIpc) is 2.32. The monoisotopic (exact) mass is 330 g/mol. The lowest BCUT2D eigenvalue weighted by atomic mass is 9.88. The Labute approximate surface area is 120 Å². The van der Waals surface area contributed by atoms with Gasteiger partial charge in [-0.1, -0.05) is 29.8 Å². The number of halogens is 2. The summed E-state index contributed by atoms with van der Waals surface area (Å²) in [6.45, 7) is 5.32. The van der Waals surface area contributed by atoms with Gasteiger partial charge in [-0.2, -0.15) is 0 Å². The predicted molar refractivity (Wildman–Crippen MR) is 73.4 cm³/mol. The molecule has 1 aromatic carbocycles. The minimum Gasteiger partial charge on any atom is -0.465 e. The molecule has 0 saturated carbocycles. The Morgan fingerprint density at radius 3 is 2.53 bits per heavy atom. The van der Waals surface area contributed by atoms with E-state index < -0.39 is 23.5 Å². The standard InChI is InChI=1S/C14H16BrFO3/c1-4-19-14(18)12(8(2)3)13(17)10-7-9(15)5-6-11(10)16/h5-8,12H,4H2,1-3H3. The zero-order valence-electron chi connectivity index (χ0n) is 11.1. The Morgan fingerprint density at radius 1 is 1.37 bits per heavy atom. The molecule has 1 unspecified atom stereocenters. The molecule has 0 bridgehead atoms. The van der Waals surface area contributed by atoms with E-state index in [-0.39, 0.29) is 18.1 Å². The highest BCUT2D eigenvalue weighted by Gasteiger charge is 2.33. The third-order valence-corrected chi connectivity index (χ3v) is 3.18. The normalized spacial score (nSPS) is 12.3. The van der Waals surface area contributed by atoms with Gasteiger partial charge in [0.2, 0.25) is 0 Å². The highest BCUT2D eigenvalue weighted by Crippen LogP contribution is 2.23. The van der Waals surface area contributed by atoms with Gasteiger partial charge in [-0.3, -0.25) is 9.59 Å². The van der Waals surface area contributed by atoms with Crippen molar-refractivity contribution in [2.45, 2.75) is 20.8 Å². The van der Waals surface area contributed by atoms with Gasteiger partial charge in [-0.25, -0.2) is 4.39 Å². The van der Waals surface area contributed by atoms with Crippen LogP contribution >= 0.6 is 15.9 Å². The number of rotatable bonds is 5. The molecule has 0 spiro atoms. The molecule has 104 valence electrons. The van der Waals surface area contributed by atoms with Crippen molar-refractivity contribution in [3.63, 3.8) is 0 Å². The van der Waals surface area contributed by atoms with Crippen molar-refractivity contribution in [3.05, 3.63) is 34.1 Å². The first-order valence-electron chi connectivity index (χ1n) is 6.04. The lowest BCUT2D eigenvalue weighted by Gasteiger charge is -2.18. The second kappa shape index (κ2) is 6.80. The number of carbonyl (C=O) groups is 2. The van der Waals surface area contributed by atoms with Gasteiger partial charge in [-0.15, -0.1) is 0 Å². The third-order valence-electron chi connectivity index (χ3n) is 2.68. The van der Waals surface area contributed by atoms with Crippen molar-refractivity contribution in [3.8, 4) is 0 Å². The molecule has 1 rings (SSSR count). The van der Waals surface area contributed by atoms with Crippen molar-refractivity contribution in [2.24, 2.45) is 11.8 Å². The maximum absolute atomic E-state index is 13.7. The summed E-state index contributed by atoms with van der Waals surface area (Å²) in [5.74, 6) is -3.04. The van der Waals surface area contributed by atoms with Crippen LogP contribution in [-0.2, 0) is 9.53 Å². The molecule has 19 heavy (non-hydrogen) atoms. The van der Waals surface area contributed by atoms with Crippen LogP contribution in [0, 0.1) is 17.7 Å². The second-order valence-electron chi connectivity index (χ2n) is 4.46. The van der Waals surface area contributed by atoms with Crippen molar-refractivity contribution in [2.75, 3.05) is 6.61 Å². The van der Waals surface area contributed by atoms with Crippen LogP contribution in [0.1, 0.15) is 31.1 Å². The van der Waals surface area contributed by atoms with Crippen LogP contribution in [0.25, 0.3) is 0 Å². The number of ketones is 1. The van der Waals surface area contributed by atoms with Crippen LogP contribution in [0.2, 0.25) is 0 Å². The molecule has 0 fully saturated rings. The minimum absolute atomic E-state index is 0.0962. The van der Waals surface area contributed by atoms with E-state index in [0.717, 1.165) is 0 Å². The molecule has 0 radical (unpaired) electrons. The van der Waals surface area contributed by atoms with Crippen LogP contribution in [0.4, 0.5) is 4.39 Å². The molecular formula is C14H16BrFO3. The van der Waals surface area contributed by atoms with E-state index in [1.54, 1.807) is 20.8 Å². The van der Waals surface area contributed by atoms with Gasteiger partial charge in [0.1, 0.15) is 11.7 Å². The van der Waals surface area contributed by atoms with Crippen molar-refractivity contribution < 1.29 is 18.7 Å². The largest absolute Gasteiger partial charge is 0.465 e. The first-order valence-corrected chi connectivity index (χ1v) is 6.83. The number of esters is 1. The maximum atomic E-state index is 13.7. The molecule has 3 nitrogen and oxygen atoms in total. The highest BCUT2D eigenvalue weighted by atomic mass is 79.9. The topological polar surface area (TPSA) is 43.4 Å². The van der Waals surface area contributed by atoms with E-state index in [4.69, 9.17) is 4.74 Å². The van der Waals surface area contributed by atoms with Crippen molar-refractivity contribution in [1.29, 1.82) is 0 Å². The fourth-order valence-electron chi connectivity index (χ4n) is 1.77. The van der Waals surface area contributed by atoms with E-state index in [2.05, 4.69) is 15.9 Å². The number of hydrogen-bond donors (Lipinski definition) is 0. The van der Waals surface area contributed by atoms with Crippen LogP contribution in [0.5, 0.6) is 0 Å². The molecule has 0 amide bonds. The fourth-order valence-corrected chi connectivity index (χ4v) is 2.13. The Balaban J connectivity index is 3.13. The Bertz CT molecular complexity index is 486. The SMILES string of the molecule is CCOC(=O)C(C(=O)c1cc(Br)ccc1F)C(C)C. The molecule has 5 heteroatoms. The Morgan fingerprint density at radius 2 is 2.00 bits per heavy atom. The molecule has 0 aliphatic carbocycles. The van der Waals surface area contributed by atoms with Gasteiger partial charge < -0.3 is 4.74 Å². The smallest absolute Gasteiger partial charge is 0.317 e. The summed E-state index contributed by atoms with van der Waals surface area (Å²) < 4.78 is 19.2. The van der Waals surface area contributed by atoms with Crippen molar-refractivity contribution >= 4 is 27.7 Å². The van der Waals surface area contributed by atoms with Gasteiger partial charge in [0, 0.05) is 4.47 Å². The lowest BCUT2D eigenvalue weighted by molar-refractivity contribution is -0.147. The molecule has 0 saturated heterocycles. The molecule has 0 aliphatic heterocycles. The summed E-state index contributed by atoms with van der Waals surface area (Å²) in [5, 5.41) is 0.